The van der Waals surface area contributed by atoms with Gasteiger partial charge in [0, 0.05) is 19.2 Å². The summed E-state index contributed by atoms with van der Waals surface area (Å²) in [5.41, 5.74) is -0.536. The Morgan fingerprint density at radius 2 is 2.04 bits per heavy atom. The van der Waals surface area contributed by atoms with E-state index in [1.54, 1.807) is 0 Å². The van der Waals surface area contributed by atoms with E-state index in [1.807, 2.05) is 6.92 Å². The number of esters is 1. The molecule has 0 amide bonds. The molecule has 1 aromatic rings. The van der Waals surface area contributed by atoms with E-state index in [0.717, 1.165) is 12.5 Å². The highest BCUT2D eigenvalue weighted by molar-refractivity contribution is 7.89. The van der Waals surface area contributed by atoms with Gasteiger partial charge in [0.15, 0.2) is 12.4 Å². The first kappa shape index (κ1) is 21.1. The van der Waals surface area contributed by atoms with Gasteiger partial charge in [-0.3, -0.25) is 10.1 Å². The Balaban J connectivity index is 2.14. The molecule has 1 aliphatic rings. The fraction of sp³-hybridized carbons (Fsp3) is 0.562. The van der Waals surface area contributed by atoms with Gasteiger partial charge in [0.1, 0.15) is 0 Å². The molecular formula is C16H22N2O8S. The zero-order valence-electron chi connectivity index (χ0n) is 15.0. The lowest BCUT2D eigenvalue weighted by Crippen LogP contribution is -2.40. The third-order valence-corrected chi connectivity index (χ3v) is 5.74. The van der Waals surface area contributed by atoms with E-state index in [4.69, 9.17) is 14.2 Å². The molecule has 0 bridgehead atoms. The maximum absolute atomic E-state index is 12.6. The van der Waals surface area contributed by atoms with Gasteiger partial charge in [-0.1, -0.05) is 13.3 Å². The number of nitro groups is 1. The standard InChI is InChI=1S/C16H22N2O8S/c1-2-3-8-25-16(19)12-26-15-5-4-13(11-14(15)18(20)21)27(22,23)17-6-9-24-10-7-17/h4-5,11H,2-3,6-10,12H2,1H3. The molecule has 27 heavy (non-hydrogen) atoms. The normalized spacial score (nSPS) is 15.3. The number of morpholine rings is 1. The molecule has 0 atom stereocenters. The number of sulfonamides is 1. The molecule has 0 unspecified atom stereocenters. The van der Waals surface area contributed by atoms with Gasteiger partial charge in [-0.25, -0.2) is 13.2 Å². The average molecular weight is 402 g/mol. The molecule has 2 rings (SSSR count). The van der Waals surface area contributed by atoms with Crippen LogP contribution in [0, 0.1) is 10.1 Å². The van der Waals surface area contributed by atoms with Crippen LogP contribution in [0.2, 0.25) is 0 Å². The van der Waals surface area contributed by atoms with Crippen molar-refractivity contribution in [1.82, 2.24) is 4.31 Å². The van der Waals surface area contributed by atoms with Crippen molar-refractivity contribution < 1.29 is 32.3 Å². The topological polar surface area (TPSA) is 125 Å². The number of rotatable bonds is 9. The summed E-state index contributed by atoms with van der Waals surface area (Å²) in [6.07, 6.45) is 1.57. The molecule has 1 fully saturated rings. The van der Waals surface area contributed by atoms with Crippen LogP contribution in [0.5, 0.6) is 5.75 Å². The van der Waals surface area contributed by atoms with Crippen LogP contribution >= 0.6 is 0 Å². The van der Waals surface area contributed by atoms with Crippen molar-refractivity contribution in [3.63, 3.8) is 0 Å². The smallest absolute Gasteiger partial charge is 0.344 e. The van der Waals surface area contributed by atoms with Gasteiger partial charge in [0.05, 0.1) is 29.6 Å². The first-order chi connectivity index (χ1) is 12.9. The van der Waals surface area contributed by atoms with E-state index >= 15 is 0 Å². The van der Waals surface area contributed by atoms with Crippen LogP contribution in [0.25, 0.3) is 0 Å². The molecule has 0 spiro atoms. The molecule has 10 nitrogen and oxygen atoms in total. The summed E-state index contributed by atoms with van der Waals surface area (Å²) in [5.74, 6) is -0.851. The first-order valence-corrected chi connectivity index (χ1v) is 9.95. The lowest BCUT2D eigenvalue weighted by atomic mass is 10.3. The second-order valence-corrected chi connectivity index (χ2v) is 7.70. The number of carbonyl (C=O) groups excluding carboxylic acids is 1. The number of benzene rings is 1. The van der Waals surface area contributed by atoms with Crippen LogP contribution in [-0.2, 0) is 24.3 Å². The zero-order valence-corrected chi connectivity index (χ0v) is 15.8. The van der Waals surface area contributed by atoms with Gasteiger partial charge >= 0.3 is 11.7 Å². The lowest BCUT2D eigenvalue weighted by molar-refractivity contribution is -0.386. The number of carbonyl (C=O) groups is 1. The second-order valence-electron chi connectivity index (χ2n) is 5.77. The summed E-state index contributed by atoms with van der Waals surface area (Å²) < 4.78 is 41.6. The van der Waals surface area contributed by atoms with Crippen LogP contribution in [0.15, 0.2) is 23.1 Å². The highest BCUT2D eigenvalue weighted by atomic mass is 32.2. The number of hydrogen-bond acceptors (Lipinski definition) is 8. The van der Waals surface area contributed by atoms with Crippen molar-refractivity contribution in [3.05, 3.63) is 28.3 Å². The van der Waals surface area contributed by atoms with Crippen molar-refractivity contribution >= 4 is 21.7 Å². The van der Waals surface area contributed by atoms with Crippen molar-refractivity contribution in [3.8, 4) is 5.75 Å². The minimum absolute atomic E-state index is 0.179. The molecular weight excluding hydrogens is 380 g/mol. The summed E-state index contributed by atoms with van der Waals surface area (Å²) >= 11 is 0. The Bertz CT molecular complexity index is 775. The molecule has 0 N–H and O–H groups in total. The van der Waals surface area contributed by atoms with Crippen molar-refractivity contribution in [2.75, 3.05) is 39.5 Å². The summed E-state index contributed by atoms with van der Waals surface area (Å²) in [6, 6.07) is 3.32. The lowest BCUT2D eigenvalue weighted by Gasteiger charge is -2.26. The third kappa shape index (κ3) is 5.62. The van der Waals surface area contributed by atoms with Gasteiger partial charge in [0.25, 0.3) is 0 Å². The predicted molar refractivity (Wildman–Crippen MR) is 94.0 cm³/mol. The highest BCUT2D eigenvalue weighted by Gasteiger charge is 2.29. The largest absolute Gasteiger partial charge is 0.475 e. The van der Waals surface area contributed by atoms with Gasteiger partial charge in [-0.05, 0) is 18.6 Å². The van der Waals surface area contributed by atoms with Crippen LogP contribution in [0.3, 0.4) is 0 Å². The fourth-order valence-electron chi connectivity index (χ4n) is 2.37. The third-order valence-electron chi connectivity index (χ3n) is 3.84. The average Bonchev–Trinajstić information content (AvgIpc) is 2.67. The Morgan fingerprint density at radius 1 is 1.33 bits per heavy atom. The second kappa shape index (κ2) is 9.62. The van der Waals surface area contributed by atoms with Crippen molar-refractivity contribution in [2.45, 2.75) is 24.7 Å². The van der Waals surface area contributed by atoms with Crippen LogP contribution in [0.1, 0.15) is 19.8 Å². The molecule has 1 aromatic carbocycles. The molecule has 11 heteroatoms. The molecule has 0 radical (unpaired) electrons. The van der Waals surface area contributed by atoms with Gasteiger partial charge in [-0.2, -0.15) is 4.31 Å². The minimum atomic E-state index is -3.88. The van der Waals surface area contributed by atoms with Crippen LogP contribution in [0.4, 0.5) is 5.69 Å². The summed E-state index contributed by atoms with van der Waals surface area (Å²) in [5, 5.41) is 11.3. The number of ether oxygens (including phenoxy) is 3. The number of nitro benzene ring substituents is 1. The maximum atomic E-state index is 12.6. The van der Waals surface area contributed by atoms with Crippen molar-refractivity contribution in [1.29, 1.82) is 0 Å². The highest BCUT2D eigenvalue weighted by Crippen LogP contribution is 2.31. The van der Waals surface area contributed by atoms with Crippen LogP contribution < -0.4 is 4.74 Å². The van der Waals surface area contributed by atoms with E-state index < -0.39 is 33.2 Å². The number of hydrogen-bond donors (Lipinski definition) is 0. The molecule has 0 aliphatic carbocycles. The predicted octanol–water partition coefficient (Wildman–Crippen LogP) is 1.34. The molecule has 1 aliphatic heterocycles. The molecule has 0 aromatic heterocycles. The molecule has 0 saturated carbocycles. The molecule has 1 saturated heterocycles. The molecule has 1 heterocycles. The van der Waals surface area contributed by atoms with Gasteiger partial charge in [-0.15, -0.1) is 0 Å². The Hall–Kier alpha value is -2.24. The summed E-state index contributed by atoms with van der Waals surface area (Å²) in [7, 11) is -3.88. The monoisotopic (exact) mass is 402 g/mol. The van der Waals surface area contributed by atoms with E-state index in [0.29, 0.717) is 6.42 Å². The number of unbranched alkanes of at least 4 members (excludes halogenated alkanes) is 1. The Kier molecular flexibility index (Phi) is 7.51. The summed E-state index contributed by atoms with van der Waals surface area (Å²) in [6.45, 7) is 2.58. The summed E-state index contributed by atoms with van der Waals surface area (Å²) in [4.78, 5) is 21.9. The van der Waals surface area contributed by atoms with Gasteiger partial charge < -0.3 is 14.2 Å². The van der Waals surface area contributed by atoms with E-state index in [-0.39, 0.29) is 43.6 Å². The van der Waals surface area contributed by atoms with Gasteiger partial charge in [0.2, 0.25) is 10.0 Å². The van der Waals surface area contributed by atoms with Crippen molar-refractivity contribution in [2.24, 2.45) is 0 Å². The Morgan fingerprint density at radius 3 is 2.67 bits per heavy atom. The van der Waals surface area contributed by atoms with Crippen LogP contribution in [-0.4, -0.2) is 63.1 Å². The minimum Gasteiger partial charge on any atom is -0.475 e. The van der Waals surface area contributed by atoms with E-state index in [2.05, 4.69) is 0 Å². The molecule has 150 valence electrons. The Labute approximate surface area is 157 Å². The zero-order chi connectivity index (χ0) is 19.9. The quantitative estimate of drug-likeness (QED) is 0.262. The fourth-order valence-corrected chi connectivity index (χ4v) is 3.80. The van der Waals surface area contributed by atoms with E-state index in [1.165, 1.54) is 16.4 Å². The first-order valence-electron chi connectivity index (χ1n) is 8.51. The van der Waals surface area contributed by atoms with E-state index in [9.17, 15) is 23.3 Å². The number of nitrogens with zero attached hydrogens (tertiary/aromatic N) is 2. The SMILES string of the molecule is CCCCOC(=O)COc1ccc(S(=O)(=O)N2CCOCC2)cc1[N+](=O)[O-]. The maximum Gasteiger partial charge on any atom is 0.344 e.